The number of pyridine rings is 1. The molecule has 0 spiro atoms. The van der Waals surface area contributed by atoms with Crippen molar-refractivity contribution in [2.45, 2.75) is 50.4 Å². The Morgan fingerprint density at radius 1 is 1.29 bits per heavy atom. The normalized spacial score (nSPS) is 23.7. The Morgan fingerprint density at radius 3 is 2.83 bits per heavy atom. The van der Waals surface area contributed by atoms with E-state index in [0.717, 1.165) is 19.3 Å². The number of alkyl halides is 1. The van der Waals surface area contributed by atoms with Crippen LogP contribution < -0.4 is 21.5 Å². The van der Waals surface area contributed by atoms with Crippen LogP contribution in [0.2, 0.25) is 0 Å². The summed E-state index contributed by atoms with van der Waals surface area (Å²) in [6.07, 6.45) is 6.23. The van der Waals surface area contributed by atoms with Crippen LogP contribution in [0.4, 0.5) is 21.7 Å². The summed E-state index contributed by atoms with van der Waals surface area (Å²) >= 11 is 0. The fraction of sp³-hybridized carbons (Fsp3) is 0.500. The Kier molecular flexibility index (Phi) is 6.42. The molecule has 2 atom stereocenters. The number of methoxy groups -OCH3 is 1. The minimum absolute atomic E-state index is 0.133. The average Bonchev–Trinajstić information content (AvgIpc) is 3.48. The first-order valence-electron chi connectivity index (χ1n) is 12.0. The summed E-state index contributed by atoms with van der Waals surface area (Å²) in [5.74, 6) is 1.13. The lowest BCUT2D eigenvalue weighted by molar-refractivity contribution is 0.0935. The highest BCUT2D eigenvalue weighted by Crippen LogP contribution is 2.33. The second kappa shape index (κ2) is 9.65. The van der Waals surface area contributed by atoms with E-state index in [1.165, 1.54) is 6.20 Å². The molecule has 0 unspecified atom stereocenters. The molecule has 0 saturated heterocycles. The number of anilines is 3. The van der Waals surface area contributed by atoms with Gasteiger partial charge in [0.15, 0.2) is 5.65 Å². The van der Waals surface area contributed by atoms with Gasteiger partial charge in [-0.2, -0.15) is 9.61 Å². The first-order valence-corrected chi connectivity index (χ1v) is 12.0. The highest BCUT2D eigenvalue weighted by atomic mass is 19.1. The van der Waals surface area contributed by atoms with Crippen LogP contribution in [-0.4, -0.2) is 58.1 Å². The summed E-state index contributed by atoms with van der Waals surface area (Å²) in [6, 6.07) is 4.99. The third kappa shape index (κ3) is 4.60. The van der Waals surface area contributed by atoms with E-state index in [-0.39, 0.29) is 23.6 Å². The minimum Gasteiger partial charge on any atom is -0.381 e. The number of hydrogen-bond acceptors (Lipinski definition) is 7. The van der Waals surface area contributed by atoms with Gasteiger partial charge < -0.3 is 25.3 Å². The van der Waals surface area contributed by atoms with Crippen molar-refractivity contribution in [1.82, 2.24) is 24.5 Å². The van der Waals surface area contributed by atoms with Gasteiger partial charge in [-0.15, -0.1) is 0 Å². The summed E-state index contributed by atoms with van der Waals surface area (Å²) < 4.78 is 21.8. The predicted octanol–water partition coefficient (Wildman–Crippen LogP) is 2.89. The number of hydrogen-bond donors (Lipinski definition) is 3. The van der Waals surface area contributed by atoms with Gasteiger partial charge in [0.2, 0.25) is 0 Å². The second-order valence-electron chi connectivity index (χ2n) is 9.30. The topological polar surface area (TPSA) is 115 Å². The largest absolute Gasteiger partial charge is 0.381 e. The van der Waals surface area contributed by atoms with Gasteiger partial charge in [0.25, 0.3) is 11.5 Å². The fourth-order valence-electron chi connectivity index (χ4n) is 4.91. The maximum absolute atomic E-state index is 13.3. The molecule has 1 amide bonds. The van der Waals surface area contributed by atoms with Crippen molar-refractivity contribution >= 4 is 28.9 Å². The van der Waals surface area contributed by atoms with Crippen molar-refractivity contribution in [3.8, 4) is 0 Å². The molecular formula is C24H30FN7O3. The molecule has 0 radical (unpaired) electrons. The smallest absolute Gasteiger partial charge is 0.274 e. The first kappa shape index (κ1) is 23.3. The summed E-state index contributed by atoms with van der Waals surface area (Å²) in [7, 11) is 3.46. The van der Waals surface area contributed by atoms with Crippen LogP contribution in [0.15, 0.2) is 35.4 Å². The quantitative estimate of drug-likeness (QED) is 0.451. The summed E-state index contributed by atoms with van der Waals surface area (Å²) in [5, 5.41) is 13.5. The zero-order valence-electron chi connectivity index (χ0n) is 19.8. The highest BCUT2D eigenvalue weighted by molar-refractivity contribution is 6.00. The van der Waals surface area contributed by atoms with Crippen LogP contribution in [0.1, 0.15) is 48.5 Å². The van der Waals surface area contributed by atoms with Crippen LogP contribution in [0, 0.1) is 5.92 Å². The zero-order chi connectivity index (χ0) is 24.5. The fourth-order valence-corrected chi connectivity index (χ4v) is 4.91. The van der Waals surface area contributed by atoms with E-state index < -0.39 is 6.17 Å². The predicted molar refractivity (Wildman–Crippen MR) is 130 cm³/mol. The molecule has 0 aliphatic heterocycles. The molecule has 186 valence electrons. The van der Waals surface area contributed by atoms with Crippen molar-refractivity contribution in [3.63, 3.8) is 0 Å². The number of fused-ring (bicyclic) bond motifs is 1. The number of carbonyl (C=O) groups is 1. The van der Waals surface area contributed by atoms with Crippen molar-refractivity contribution in [2.24, 2.45) is 5.92 Å². The number of aromatic nitrogens is 4. The molecule has 0 bridgehead atoms. The van der Waals surface area contributed by atoms with Crippen LogP contribution in [0.25, 0.3) is 5.65 Å². The van der Waals surface area contributed by atoms with Gasteiger partial charge in [0.1, 0.15) is 29.1 Å². The molecule has 3 N–H and O–H groups in total. The van der Waals surface area contributed by atoms with Crippen LogP contribution in [-0.2, 0) is 4.74 Å². The first-order chi connectivity index (χ1) is 17.0. The molecule has 35 heavy (non-hydrogen) atoms. The maximum Gasteiger partial charge on any atom is 0.274 e. The van der Waals surface area contributed by atoms with Gasteiger partial charge in [-0.1, -0.05) is 0 Å². The van der Waals surface area contributed by atoms with E-state index in [9.17, 15) is 14.0 Å². The Bertz CT molecular complexity index is 1280. The summed E-state index contributed by atoms with van der Waals surface area (Å²) in [4.78, 5) is 30.5. The zero-order valence-corrected chi connectivity index (χ0v) is 19.8. The SMILES string of the molecule is CNc1cc(Nc2cccn(C3CC(F)C3)c2=O)nc2c(C(=O)NC[C@@H]3CC[C@@H](OC)C3)cnn12. The standard InChI is InChI=1S/C24H30FN7O3/c1-26-21-11-20(29-19-4-3-7-31(24(19)34)16-9-15(25)10-16)30-22-18(13-28-32(21)22)23(33)27-12-14-5-6-17(8-14)35-2/h3-4,7,11,13-17,26H,5-6,8-10,12H2,1-2H3,(H,27,33)(H,29,30)/t14-,15?,16?,17-/m1/s1. The van der Waals surface area contributed by atoms with E-state index in [0.29, 0.717) is 53.8 Å². The molecule has 3 heterocycles. The monoisotopic (exact) mass is 483 g/mol. The lowest BCUT2D eigenvalue weighted by Gasteiger charge is -2.31. The molecule has 2 aliphatic rings. The molecule has 3 aromatic heterocycles. The summed E-state index contributed by atoms with van der Waals surface area (Å²) in [6.45, 7) is 0.567. The van der Waals surface area contributed by atoms with Crippen LogP contribution in [0.5, 0.6) is 0 Å². The van der Waals surface area contributed by atoms with Gasteiger partial charge in [0, 0.05) is 39.0 Å². The molecule has 10 nitrogen and oxygen atoms in total. The van der Waals surface area contributed by atoms with Gasteiger partial charge in [-0.3, -0.25) is 9.59 Å². The summed E-state index contributed by atoms with van der Waals surface area (Å²) in [5.41, 5.74) is 0.802. The van der Waals surface area contributed by atoms with E-state index in [1.54, 1.807) is 47.6 Å². The van der Waals surface area contributed by atoms with E-state index in [4.69, 9.17) is 4.74 Å². The lowest BCUT2D eigenvalue weighted by Crippen LogP contribution is -2.35. The van der Waals surface area contributed by atoms with Gasteiger partial charge >= 0.3 is 0 Å². The highest BCUT2D eigenvalue weighted by Gasteiger charge is 2.31. The van der Waals surface area contributed by atoms with E-state index in [2.05, 4.69) is 26.0 Å². The third-order valence-corrected chi connectivity index (χ3v) is 7.04. The molecule has 5 rings (SSSR count). The number of carbonyl (C=O) groups excluding carboxylic acids is 1. The van der Waals surface area contributed by atoms with Crippen LogP contribution in [0.3, 0.4) is 0 Å². The molecule has 11 heteroatoms. The molecule has 3 aromatic rings. The van der Waals surface area contributed by atoms with Crippen molar-refractivity contribution in [2.75, 3.05) is 31.3 Å². The number of nitrogens with one attached hydrogen (secondary N) is 3. The Morgan fingerprint density at radius 2 is 2.11 bits per heavy atom. The number of ether oxygens (including phenoxy) is 1. The molecule has 2 aliphatic carbocycles. The molecule has 0 aromatic carbocycles. The average molecular weight is 484 g/mol. The minimum atomic E-state index is -0.854. The molecular weight excluding hydrogens is 453 g/mol. The lowest BCUT2D eigenvalue weighted by atomic mass is 9.90. The number of nitrogens with zero attached hydrogens (tertiary/aromatic N) is 4. The number of rotatable bonds is 8. The number of amides is 1. The molecule has 2 fully saturated rings. The molecule has 2 saturated carbocycles. The van der Waals surface area contributed by atoms with Crippen LogP contribution >= 0.6 is 0 Å². The van der Waals surface area contributed by atoms with Crippen molar-refractivity contribution < 1.29 is 13.9 Å². The van der Waals surface area contributed by atoms with Crippen molar-refractivity contribution in [3.05, 3.63) is 46.5 Å². The maximum atomic E-state index is 13.3. The van der Waals surface area contributed by atoms with E-state index in [1.807, 2.05) is 0 Å². The Balaban J connectivity index is 1.38. The van der Waals surface area contributed by atoms with E-state index >= 15 is 0 Å². The van der Waals surface area contributed by atoms with Crippen molar-refractivity contribution in [1.29, 1.82) is 0 Å². The number of halogens is 1. The Hall–Kier alpha value is -3.47. The second-order valence-corrected chi connectivity index (χ2v) is 9.30. The van der Waals surface area contributed by atoms with Gasteiger partial charge in [-0.05, 0) is 50.2 Å². The van der Waals surface area contributed by atoms with Gasteiger partial charge in [0.05, 0.1) is 12.3 Å². The third-order valence-electron chi connectivity index (χ3n) is 7.04. The van der Waals surface area contributed by atoms with Gasteiger partial charge in [-0.25, -0.2) is 9.37 Å². The Labute approximate surface area is 201 Å².